The molecular formula is C11H12F4N2O2. The van der Waals surface area contributed by atoms with Crippen LogP contribution in [0.1, 0.15) is 5.56 Å². The van der Waals surface area contributed by atoms with Crippen molar-refractivity contribution < 1.29 is 27.5 Å². The number of nitrogens with zero attached hydrogens (tertiary/aromatic N) is 1. The first-order valence-electron chi connectivity index (χ1n) is 5.18. The highest BCUT2D eigenvalue weighted by molar-refractivity contribution is 5.83. The zero-order chi connectivity index (χ0) is 14.6. The van der Waals surface area contributed by atoms with Crippen molar-refractivity contribution in [3.63, 3.8) is 0 Å². The second kappa shape index (κ2) is 5.77. The maximum atomic E-state index is 12.8. The highest BCUT2D eigenvalue weighted by Crippen LogP contribution is 2.28. The molecule has 0 saturated heterocycles. The quantitative estimate of drug-likeness (QED) is 0.293. The van der Waals surface area contributed by atoms with Crippen LogP contribution < -0.4 is 10.5 Å². The molecule has 0 aliphatic rings. The minimum Gasteiger partial charge on any atom is -0.492 e. The lowest BCUT2D eigenvalue weighted by atomic mass is 10.1. The molecule has 0 radical (unpaired) electrons. The van der Waals surface area contributed by atoms with E-state index in [0.29, 0.717) is 5.56 Å². The van der Waals surface area contributed by atoms with Gasteiger partial charge in [-0.25, -0.2) is 4.39 Å². The monoisotopic (exact) mass is 280 g/mol. The predicted molar refractivity (Wildman–Crippen MR) is 59.6 cm³/mol. The summed E-state index contributed by atoms with van der Waals surface area (Å²) in [6, 6.07) is 3.40. The smallest absolute Gasteiger partial charge is 0.402 e. The Balaban J connectivity index is 2.82. The molecule has 0 fully saturated rings. The van der Waals surface area contributed by atoms with Gasteiger partial charge in [0.1, 0.15) is 24.1 Å². The summed E-state index contributed by atoms with van der Waals surface area (Å²) in [4.78, 5) is 0. The summed E-state index contributed by atoms with van der Waals surface area (Å²) in [5.41, 5.74) is 5.32. The van der Waals surface area contributed by atoms with Crippen LogP contribution in [0.15, 0.2) is 23.4 Å². The Labute approximate surface area is 106 Å². The molecule has 0 spiro atoms. The van der Waals surface area contributed by atoms with E-state index in [9.17, 15) is 17.6 Å². The first kappa shape index (κ1) is 15.1. The molecule has 3 N–H and O–H groups in total. The van der Waals surface area contributed by atoms with Gasteiger partial charge in [0.15, 0.2) is 5.84 Å². The van der Waals surface area contributed by atoms with Gasteiger partial charge in [-0.2, -0.15) is 13.2 Å². The van der Waals surface area contributed by atoms with Crippen LogP contribution in [0.4, 0.5) is 17.6 Å². The van der Waals surface area contributed by atoms with E-state index < -0.39 is 30.4 Å². The number of benzene rings is 1. The molecule has 1 unspecified atom stereocenters. The zero-order valence-corrected chi connectivity index (χ0v) is 9.91. The molecule has 0 aliphatic heterocycles. The lowest BCUT2D eigenvalue weighted by Gasteiger charge is -2.19. The van der Waals surface area contributed by atoms with Gasteiger partial charge in [-0.05, 0) is 30.7 Å². The van der Waals surface area contributed by atoms with Crippen LogP contribution in [0.5, 0.6) is 5.75 Å². The molecule has 106 valence electrons. The summed E-state index contributed by atoms with van der Waals surface area (Å²) in [6.07, 6.45) is -4.70. The molecule has 19 heavy (non-hydrogen) atoms. The van der Waals surface area contributed by atoms with Gasteiger partial charge in [-0.15, -0.1) is 0 Å². The van der Waals surface area contributed by atoms with Gasteiger partial charge in [0.2, 0.25) is 0 Å². The van der Waals surface area contributed by atoms with Crippen molar-refractivity contribution >= 4 is 5.84 Å². The number of hydrogen-bond acceptors (Lipinski definition) is 3. The number of alkyl halides is 3. The fourth-order valence-corrected chi connectivity index (χ4v) is 1.37. The number of ether oxygens (including phenoxy) is 1. The molecule has 0 saturated carbocycles. The van der Waals surface area contributed by atoms with Gasteiger partial charge < -0.3 is 15.7 Å². The minimum absolute atomic E-state index is 0.0985. The van der Waals surface area contributed by atoms with E-state index in [1.165, 1.54) is 13.0 Å². The van der Waals surface area contributed by atoms with Gasteiger partial charge in [0, 0.05) is 0 Å². The van der Waals surface area contributed by atoms with E-state index in [1.54, 1.807) is 0 Å². The van der Waals surface area contributed by atoms with Gasteiger partial charge >= 0.3 is 6.18 Å². The van der Waals surface area contributed by atoms with E-state index >= 15 is 0 Å². The highest BCUT2D eigenvalue weighted by Gasteiger charge is 2.43. The molecule has 1 aromatic carbocycles. The standard InChI is InChI=1S/C11H12F4N2O2/c1-6-4-7(12)2-3-9(6)19-5-8(10(16)17-18)11(13,14)15/h2-4,8,18H,5H2,1H3,(H2,16,17). The molecule has 8 heteroatoms. The van der Waals surface area contributed by atoms with Gasteiger partial charge in [-0.1, -0.05) is 5.16 Å². The Hall–Kier alpha value is -1.99. The lowest BCUT2D eigenvalue weighted by molar-refractivity contribution is -0.162. The van der Waals surface area contributed by atoms with Gasteiger partial charge in [0.05, 0.1) is 0 Å². The van der Waals surface area contributed by atoms with E-state index in [1.807, 2.05) is 0 Å². The molecule has 4 nitrogen and oxygen atoms in total. The predicted octanol–water partition coefficient (Wildman–Crippen LogP) is 2.44. The average Bonchev–Trinajstić information content (AvgIpc) is 2.29. The molecule has 0 aromatic heterocycles. The van der Waals surface area contributed by atoms with E-state index in [4.69, 9.17) is 15.7 Å². The summed E-state index contributed by atoms with van der Waals surface area (Å²) < 4.78 is 55.6. The Morgan fingerprint density at radius 1 is 1.47 bits per heavy atom. The maximum Gasteiger partial charge on any atom is 0.402 e. The van der Waals surface area contributed by atoms with Crippen molar-refractivity contribution in [2.45, 2.75) is 13.1 Å². The molecule has 0 bridgehead atoms. The number of hydrogen-bond donors (Lipinski definition) is 2. The van der Waals surface area contributed by atoms with E-state index in [-0.39, 0.29) is 5.75 Å². The minimum atomic E-state index is -4.70. The Morgan fingerprint density at radius 3 is 2.58 bits per heavy atom. The molecule has 0 amide bonds. The van der Waals surface area contributed by atoms with Crippen molar-refractivity contribution in [2.24, 2.45) is 16.8 Å². The molecular weight excluding hydrogens is 268 g/mol. The van der Waals surface area contributed by atoms with E-state index in [2.05, 4.69) is 5.16 Å². The van der Waals surface area contributed by atoms with Gasteiger partial charge in [-0.3, -0.25) is 0 Å². The summed E-state index contributed by atoms with van der Waals surface area (Å²) in [7, 11) is 0. The first-order chi connectivity index (χ1) is 8.75. The van der Waals surface area contributed by atoms with Crippen LogP contribution in [0, 0.1) is 18.7 Å². The first-order valence-corrected chi connectivity index (χ1v) is 5.18. The van der Waals surface area contributed by atoms with Crippen LogP contribution in [0.2, 0.25) is 0 Å². The normalized spacial score (nSPS) is 14.3. The van der Waals surface area contributed by atoms with Crippen LogP contribution in [0.3, 0.4) is 0 Å². The third-order valence-corrected chi connectivity index (χ3v) is 2.41. The topological polar surface area (TPSA) is 67.8 Å². The number of oxime groups is 1. The van der Waals surface area contributed by atoms with Gasteiger partial charge in [0.25, 0.3) is 0 Å². The molecule has 1 aromatic rings. The lowest BCUT2D eigenvalue weighted by Crippen LogP contribution is -2.40. The fourth-order valence-electron chi connectivity index (χ4n) is 1.37. The molecule has 1 atom stereocenters. The van der Waals surface area contributed by atoms with Crippen molar-refractivity contribution in [1.29, 1.82) is 0 Å². The summed E-state index contributed by atoms with van der Waals surface area (Å²) in [5, 5.41) is 10.7. The Kier molecular flexibility index (Phi) is 4.57. The molecule has 1 rings (SSSR count). The van der Waals surface area contributed by atoms with Crippen molar-refractivity contribution in [3.8, 4) is 5.75 Å². The molecule has 0 aliphatic carbocycles. The second-order valence-corrected chi connectivity index (χ2v) is 3.84. The van der Waals surface area contributed by atoms with Crippen molar-refractivity contribution in [2.75, 3.05) is 6.61 Å². The number of rotatable bonds is 4. The van der Waals surface area contributed by atoms with Crippen molar-refractivity contribution in [1.82, 2.24) is 0 Å². The Morgan fingerprint density at radius 2 is 2.11 bits per heavy atom. The Bertz CT molecular complexity index is 474. The zero-order valence-electron chi connectivity index (χ0n) is 9.91. The highest BCUT2D eigenvalue weighted by atomic mass is 19.4. The van der Waals surface area contributed by atoms with Crippen LogP contribution in [-0.4, -0.2) is 23.8 Å². The van der Waals surface area contributed by atoms with Crippen LogP contribution >= 0.6 is 0 Å². The van der Waals surface area contributed by atoms with Crippen molar-refractivity contribution in [3.05, 3.63) is 29.6 Å². The summed E-state index contributed by atoms with van der Waals surface area (Å²) in [5.74, 6) is -3.65. The fraction of sp³-hybridized carbons (Fsp3) is 0.364. The average molecular weight is 280 g/mol. The SMILES string of the molecule is Cc1cc(F)ccc1OCC(/C(N)=N/O)C(F)(F)F. The number of amidine groups is 1. The third kappa shape index (κ3) is 4.01. The molecule has 0 heterocycles. The maximum absolute atomic E-state index is 12.8. The van der Waals surface area contributed by atoms with Crippen LogP contribution in [0.25, 0.3) is 0 Å². The summed E-state index contributed by atoms with van der Waals surface area (Å²) in [6.45, 7) is 0.635. The summed E-state index contributed by atoms with van der Waals surface area (Å²) >= 11 is 0. The third-order valence-electron chi connectivity index (χ3n) is 2.41. The number of aryl methyl sites for hydroxylation is 1. The van der Waals surface area contributed by atoms with E-state index in [0.717, 1.165) is 12.1 Å². The number of halogens is 4. The second-order valence-electron chi connectivity index (χ2n) is 3.84. The number of nitrogens with two attached hydrogens (primary N) is 1. The van der Waals surface area contributed by atoms with Crippen LogP contribution in [-0.2, 0) is 0 Å². The largest absolute Gasteiger partial charge is 0.492 e.